The highest BCUT2D eigenvalue weighted by molar-refractivity contribution is 5.35. The lowest BCUT2D eigenvalue weighted by atomic mass is 9.45. The van der Waals surface area contributed by atoms with Gasteiger partial charge in [-0.2, -0.15) is 0 Å². The highest BCUT2D eigenvalue weighted by Crippen LogP contribution is 2.77. The van der Waals surface area contributed by atoms with Crippen molar-refractivity contribution in [3.8, 4) is 0 Å². The third-order valence-corrected chi connectivity index (χ3v) is 10.5. The quantitative estimate of drug-likeness (QED) is 0.337. The van der Waals surface area contributed by atoms with Gasteiger partial charge in [0.2, 0.25) is 0 Å². The van der Waals surface area contributed by atoms with Crippen LogP contribution in [0.4, 0.5) is 0 Å². The molecule has 0 radical (unpaired) electrons. The molecule has 4 fully saturated rings. The number of epoxide rings is 1. The van der Waals surface area contributed by atoms with Crippen molar-refractivity contribution in [2.24, 2.45) is 40.4 Å². The summed E-state index contributed by atoms with van der Waals surface area (Å²) >= 11 is 0. The third-order valence-electron chi connectivity index (χ3n) is 10.5. The fourth-order valence-corrected chi connectivity index (χ4v) is 8.85. The van der Waals surface area contributed by atoms with Gasteiger partial charge < -0.3 is 24.5 Å². The Morgan fingerprint density at radius 1 is 1.26 bits per heavy atom. The Morgan fingerprint density at radius 2 is 2.03 bits per heavy atom. The highest BCUT2D eigenvalue weighted by atomic mass is 16.6. The van der Waals surface area contributed by atoms with E-state index in [0.29, 0.717) is 31.0 Å². The van der Waals surface area contributed by atoms with E-state index in [2.05, 4.69) is 33.8 Å². The van der Waals surface area contributed by atoms with Gasteiger partial charge in [-0.3, -0.25) is 0 Å². The summed E-state index contributed by atoms with van der Waals surface area (Å²) in [5.74, 6) is 6.96. The first-order valence-corrected chi connectivity index (χ1v) is 12.3. The number of allylic oxidation sites excluding steroid dienone is 2. The van der Waals surface area contributed by atoms with E-state index in [1.807, 2.05) is 0 Å². The van der Waals surface area contributed by atoms with E-state index < -0.39 is 11.7 Å². The SMILES string of the molecule is CC(C)(OCCO)C1C[C@H]2O[C@]23C2CC=C4C[C@@H](CON)CC[C@]4(C)C2C[C@@H](O)[C@]13C. The van der Waals surface area contributed by atoms with Crippen LogP contribution in [0.3, 0.4) is 0 Å². The molecule has 5 aliphatic rings. The molecule has 176 valence electrons. The van der Waals surface area contributed by atoms with Crippen molar-refractivity contribution in [2.75, 3.05) is 19.8 Å². The molecular formula is C25H41NO5. The van der Waals surface area contributed by atoms with Crippen molar-refractivity contribution < 1.29 is 24.5 Å². The lowest BCUT2D eigenvalue weighted by Crippen LogP contribution is -2.64. The molecule has 6 nitrogen and oxygen atoms in total. The summed E-state index contributed by atoms with van der Waals surface area (Å²) in [5, 5.41) is 21.0. The van der Waals surface area contributed by atoms with E-state index in [0.717, 1.165) is 38.5 Å². The summed E-state index contributed by atoms with van der Waals surface area (Å²) in [4.78, 5) is 4.97. The summed E-state index contributed by atoms with van der Waals surface area (Å²) in [7, 11) is 0. The average molecular weight is 436 g/mol. The fraction of sp³-hybridized carbons (Fsp3) is 0.920. The number of hydrogen-bond acceptors (Lipinski definition) is 6. The molecule has 5 rings (SSSR count). The van der Waals surface area contributed by atoms with E-state index in [-0.39, 0.29) is 35.1 Å². The molecule has 0 amide bonds. The molecule has 9 atom stereocenters. The number of nitrogens with two attached hydrogens (primary N) is 1. The average Bonchev–Trinajstić information content (AvgIpc) is 3.38. The standard InChI is InChI=1S/C25H41NO5/c1-22(2,29-10-9-27)19-13-21-25(31-21)17-6-5-16-11-15(14-30-26)7-8-23(16,3)18(17)12-20(28)24(19,25)4/h5,15,17-21,27-28H,6-14,26H2,1-4H3/t15-,17?,18?,19?,20+,21+,23-,24-,25+/m0/s1. The number of aliphatic hydroxyl groups is 2. The van der Waals surface area contributed by atoms with Gasteiger partial charge in [0.05, 0.1) is 37.6 Å². The summed E-state index contributed by atoms with van der Waals surface area (Å²) in [6, 6.07) is 0. The van der Waals surface area contributed by atoms with Gasteiger partial charge in [0, 0.05) is 11.3 Å². The molecule has 0 aromatic rings. The largest absolute Gasteiger partial charge is 0.394 e. The minimum Gasteiger partial charge on any atom is -0.394 e. The predicted molar refractivity (Wildman–Crippen MR) is 117 cm³/mol. The number of fused-ring (bicyclic) bond motifs is 3. The first-order chi connectivity index (χ1) is 14.6. The minimum absolute atomic E-state index is 0.0211. The Labute approximate surface area is 186 Å². The van der Waals surface area contributed by atoms with Crippen molar-refractivity contribution in [1.82, 2.24) is 0 Å². The van der Waals surface area contributed by atoms with Crippen LogP contribution in [-0.4, -0.2) is 53.4 Å². The smallest absolute Gasteiger partial charge is 0.106 e. The van der Waals surface area contributed by atoms with Gasteiger partial charge >= 0.3 is 0 Å². The van der Waals surface area contributed by atoms with Crippen molar-refractivity contribution in [2.45, 2.75) is 89.6 Å². The van der Waals surface area contributed by atoms with E-state index in [9.17, 15) is 10.2 Å². The molecular weight excluding hydrogens is 394 g/mol. The van der Waals surface area contributed by atoms with Gasteiger partial charge in [0.25, 0.3) is 0 Å². The van der Waals surface area contributed by atoms with Crippen LogP contribution in [-0.2, 0) is 14.3 Å². The maximum absolute atomic E-state index is 11.7. The van der Waals surface area contributed by atoms with E-state index in [4.69, 9.17) is 20.2 Å². The summed E-state index contributed by atoms with van der Waals surface area (Å²) in [5.41, 5.74) is 0.691. The van der Waals surface area contributed by atoms with Gasteiger partial charge in [-0.05, 0) is 75.5 Å². The van der Waals surface area contributed by atoms with Crippen molar-refractivity contribution in [1.29, 1.82) is 0 Å². The molecule has 1 aliphatic heterocycles. The van der Waals surface area contributed by atoms with Crippen LogP contribution in [0.5, 0.6) is 0 Å². The molecule has 31 heavy (non-hydrogen) atoms. The molecule has 0 bridgehead atoms. The monoisotopic (exact) mass is 435 g/mol. The van der Waals surface area contributed by atoms with Crippen LogP contribution in [0.2, 0.25) is 0 Å². The van der Waals surface area contributed by atoms with Gasteiger partial charge in [-0.1, -0.05) is 25.5 Å². The molecule has 0 aromatic heterocycles. The molecule has 3 unspecified atom stereocenters. The zero-order valence-corrected chi connectivity index (χ0v) is 19.6. The van der Waals surface area contributed by atoms with Crippen molar-refractivity contribution in [3.63, 3.8) is 0 Å². The Morgan fingerprint density at radius 3 is 2.74 bits per heavy atom. The molecule has 3 saturated carbocycles. The van der Waals surface area contributed by atoms with Crippen LogP contribution in [0.15, 0.2) is 11.6 Å². The molecule has 4 aliphatic carbocycles. The number of ether oxygens (including phenoxy) is 2. The highest BCUT2D eigenvalue weighted by Gasteiger charge is 2.83. The molecule has 1 heterocycles. The van der Waals surface area contributed by atoms with Gasteiger partial charge in [-0.15, -0.1) is 0 Å². The summed E-state index contributed by atoms with van der Waals surface area (Å²) in [6.45, 7) is 9.91. The van der Waals surface area contributed by atoms with Crippen molar-refractivity contribution >= 4 is 0 Å². The topological polar surface area (TPSA) is 97.5 Å². The second kappa shape index (κ2) is 7.25. The zero-order chi connectivity index (χ0) is 22.2. The van der Waals surface area contributed by atoms with Gasteiger partial charge in [0.15, 0.2) is 0 Å². The first-order valence-electron chi connectivity index (χ1n) is 12.3. The van der Waals surface area contributed by atoms with Crippen LogP contribution >= 0.6 is 0 Å². The maximum Gasteiger partial charge on any atom is 0.106 e. The molecule has 6 heteroatoms. The van der Waals surface area contributed by atoms with Gasteiger partial charge in [0.1, 0.15) is 5.60 Å². The third kappa shape index (κ3) is 2.85. The van der Waals surface area contributed by atoms with E-state index in [1.165, 1.54) is 0 Å². The first kappa shape index (κ1) is 22.3. The Bertz CT molecular complexity index is 754. The molecule has 4 N–H and O–H groups in total. The number of aliphatic hydroxyl groups excluding tert-OH is 2. The molecule has 1 saturated heterocycles. The lowest BCUT2D eigenvalue weighted by molar-refractivity contribution is -0.200. The Balaban J connectivity index is 1.47. The van der Waals surface area contributed by atoms with Crippen molar-refractivity contribution in [3.05, 3.63) is 11.6 Å². The van der Waals surface area contributed by atoms with Crippen LogP contribution in [0, 0.1) is 34.5 Å². The molecule has 1 spiro atoms. The number of rotatable bonds is 6. The Hall–Kier alpha value is -0.500. The maximum atomic E-state index is 11.7. The fourth-order valence-electron chi connectivity index (χ4n) is 8.85. The molecule has 0 aromatic carbocycles. The van der Waals surface area contributed by atoms with E-state index in [1.54, 1.807) is 5.57 Å². The Kier molecular flexibility index (Phi) is 5.21. The van der Waals surface area contributed by atoms with Crippen LogP contribution in [0.25, 0.3) is 0 Å². The van der Waals surface area contributed by atoms with Gasteiger partial charge in [-0.25, -0.2) is 5.90 Å². The summed E-state index contributed by atoms with van der Waals surface area (Å²) in [6.07, 6.45) is 8.41. The minimum atomic E-state index is -0.412. The van der Waals surface area contributed by atoms with Crippen LogP contribution in [0.1, 0.15) is 66.2 Å². The summed E-state index contributed by atoms with van der Waals surface area (Å²) < 4.78 is 12.7. The van der Waals surface area contributed by atoms with Crippen LogP contribution < -0.4 is 5.90 Å². The lowest BCUT2D eigenvalue weighted by Gasteiger charge is -2.61. The normalized spacial score (nSPS) is 50.7. The van der Waals surface area contributed by atoms with E-state index >= 15 is 0 Å². The second-order valence-electron chi connectivity index (χ2n) is 11.9. The zero-order valence-electron chi connectivity index (χ0n) is 19.6. The second-order valence-corrected chi connectivity index (χ2v) is 11.9. The predicted octanol–water partition coefficient (Wildman–Crippen LogP) is 2.96. The number of hydrogen-bond donors (Lipinski definition) is 3.